The van der Waals surface area contributed by atoms with E-state index in [1.54, 1.807) is 42.5 Å². The number of sulfonamides is 1. The molecular weight excluding hydrogens is 343 g/mol. The highest BCUT2D eigenvalue weighted by atomic mass is 35.5. The van der Waals surface area contributed by atoms with Gasteiger partial charge in [-0.15, -0.1) is 0 Å². The average Bonchev–Trinajstić information content (AvgIpc) is 2.70. The van der Waals surface area contributed by atoms with Crippen LogP contribution >= 0.6 is 23.2 Å². The van der Waals surface area contributed by atoms with E-state index in [-0.39, 0.29) is 10.9 Å². The summed E-state index contributed by atoms with van der Waals surface area (Å²) in [5.41, 5.74) is 1.35. The number of halogens is 2. The minimum Gasteiger partial charge on any atom is -0.263 e. The first-order chi connectivity index (χ1) is 10.4. The Kier molecular flexibility index (Phi) is 3.89. The molecule has 1 aliphatic heterocycles. The third-order valence-corrected chi connectivity index (χ3v) is 5.36. The normalized spacial score (nSPS) is 18.8. The molecule has 0 amide bonds. The summed E-state index contributed by atoms with van der Waals surface area (Å²) in [5.74, 6) is 0.328. The van der Waals surface area contributed by atoms with Crippen LogP contribution in [0, 0.1) is 0 Å². The molecule has 114 valence electrons. The zero-order valence-electron chi connectivity index (χ0n) is 11.5. The predicted octanol–water partition coefficient (Wildman–Crippen LogP) is 3.79. The first-order valence-corrected chi connectivity index (χ1v) is 8.77. The van der Waals surface area contributed by atoms with Gasteiger partial charge in [0.25, 0.3) is 10.0 Å². The van der Waals surface area contributed by atoms with Crippen LogP contribution in [0.5, 0.6) is 0 Å². The summed E-state index contributed by atoms with van der Waals surface area (Å²) < 4.78 is 26.6. The van der Waals surface area contributed by atoms with Gasteiger partial charge in [0.15, 0.2) is 0 Å². The molecule has 0 aromatic heterocycles. The van der Waals surface area contributed by atoms with E-state index in [9.17, 15) is 8.42 Å². The summed E-state index contributed by atoms with van der Waals surface area (Å²) in [7, 11) is -3.53. The number of amidine groups is 1. The Morgan fingerprint density at radius 2 is 1.86 bits per heavy atom. The van der Waals surface area contributed by atoms with Crippen LogP contribution in [0.25, 0.3) is 0 Å². The quantitative estimate of drug-likeness (QED) is 0.891. The third kappa shape index (κ3) is 2.72. The monoisotopic (exact) mass is 354 g/mol. The lowest BCUT2D eigenvalue weighted by Gasteiger charge is -2.11. The van der Waals surface area contributed by atoms with Crippen LogP contribution in [0.1, 0.15) is 24.1 Å². The first-order valence-electron chi connectivity index (χ1n) is 6.53. The van der Waals surface area contributed by atoms with Crippen LogP contribution in [0.3, 0.4) is 0 Å². The largest absolute Gasteiger partial charge is 0.263 e. The number of nitrogens with one attached hydrogen (secondary N) is 1. The molecular formula is C15H12Cl2N2O2S. The Labute approximate surface area is 138 Å². The zero-order valence-corrected chi connectivity index (χ0v) is 13.9. The van der Waals surface area contributed by atoms with Crippen LogP contribution in [-0.4, -0.2) is 14.3 Å². The van der Waals surface area contributed by atoms with E-state index in [2.05, 4.69) is 9.71 Å². The second kappa shape index (κ2) is 5.57. The van der Waals surface area contributed by atoms with E-state index >= 15 is 0 Å². The molecule has 0 spiro atoms. The summed E-state index contributed by atoms with van der Waals surface area (Å²) in [6, 6.07) is 11.6. The van der Waals surface area contributed by atoms with Gasteiger partial charge in [-0.1, -0.05) is 41.4 Å². The van der Waals surface area contributed by atoms with Gasteiger partial charge < -0.3 is 0 Å². The molecule has 0 unspecified atom stereocenters. The molecule has 1 aliphatic rings. The Balaban J connectivity index is 2.03. The van der Waals surface area contributed by atoms with Crippen molar-refractivity contribution in [1.82, 2.24) is 4.72 Å². The van der Waals surface area contributed by atoms with Gasteiger partial charge in [-0.3, -0.25) is 9.71 Å². The molecule has 1 N–H and O–H groups in total. The standard InChI is InChI=1S/C15H12Cl2N2O2S/c1-9(11-7-6-10(16)8-13(11)17)18-15-12-4-2-3-5-14(12)22(20,21)19-15/h2-9H,1H3,(H,18,19)/t9-/m0/s1. The minimum absolute atomic E-state index is 0.239. The highest BCUT2D eigenvalue weighted by molar-refractivity contribution is 7.90. The molecule has 0 saturated heterocycles. The number of benzene rings is 2. The number of hydrogen-bond acceptors (Lipinski definition) is 3. The van der Waals surface area contributed by atoms with Gasteiger partial charge in [-0.2, -0.15) is 0 Å². The van der Waals surface area contributed by atoms with Crippen LogP contribution in [0.15, 0.2) is 52.4 Å². The van der Waals surface area contributed by atoms with Crippen molar-refractivity contribution >= 4 is 39.1 Å². The van der Waals surface area contributed by atoms with E-state index in [0.29, 0.717) is 21.4 Å². The molecule has 22 heavy (non-hydrogen) atoms. The summed E-state index contributed by atoms with van der Waals surface area (Å²) in [6.45, 7) is 1.84. The molecule has 0 radical (unpaired) electrons. The van der Waals surface area contributed by atoms with Gasteiger partial charge in [0.2, 0.25) is 0 Å². The maximum atomic E-state index is 12.1. The lowest BCUT2D eigenvalue weighted by atomic mass is 10.1. The minimum atomic E-state index is -3.53. The number of fused-ring (bicyclic) bond motifs is 1. The SMILES string of the molecule is C[C@H](N=C1NS(=O)(=O)c2ccccc21)c1ccc(Cl)cc1Cl. The molecule has 2 aromatic carbocycles. The van der Waals surface area contributed by atoms with Gasteiger partial charge in [0, 0.05) is 15.6 Å². The van der Waals surface area contributed by atoms with Gasteiger partial charge >= 0.3 is 0 Å². The van der Waals surface area contributed by atoms with Crippen molar-refractivity contribution in [2.75, 3.05) is 0 Å². The van der Waals surface area contributed by atoms with Crippen LogP contribution < -0.4 is 4.72 Å². The molecule has 1 heterocycles. The average molecular weight is 355 g/mol. The fourth-order valence-electron chi connectivity index (χ4n) is 2.33. The van der Waals surface area contributed by atoms with E-state index in [1.165, 1.54) is 0 Å². The molecule has 0 bridgehead atoms. The molecule has 0 saturated carbocycles. The Morgan fingerprint density at radius 1 is 1.14 bits per heavy atom. The first kappa shape index (κ1) is 15.3. The lowest BCUT2D eigenvalue weighted by Crippen LogP contribution is -2.22. The van der Waals surface area contributed by atoms with Crippen molar-refractivity contribution in [3.63, 3.8) is 0 Å². The second-order valence-electron chi connectivity index (χ2n) is 4.92. The van der Waals surface area contributed by atoms with Gasteiger partial charge in [0.1, 0.15) is 5.84 Å². The fourth-order valence-corrected chi connectivity index (χ4v) is 4.14. The van der Waals surface area contributed by atoms with Crippen molar-refractivity contribution in [3.05, 3.63) is 63.6 Å². The summed E-state index contributed by atoms with van der Waals surface area (Å²) >= 11 is 12.1. The molecule has 7 heteroatoms. The van der Waals surface area contributed by atoms with Gasteiger partial charge in [0.05, 0.1) is 10.9 Å². The van der Waals surface area contributed by atoms with Gasteiger partial charge in [-0.05, 0) is 36.8 Å². The van der Waals surface area contributed by atoms with Crippen LogP contribution in [0.4, 0.5) is 0 Å². The van der Waals surface area contributed by atoms with E-state index in [0.717, 1.165) is 5.56 Å². The smallest absolute Gasteiger partial charge is 0.263 e. The summed E-state index contributed by atoms with van der Waals surface area (Å²) in [6.07, 6.45) is 0. The number of hydrogen-bond donors (Lipinski definition) is 1. The highest BCUT2D eigenvalue weighted by Crippen LogP contribution is 2.30. The fraction of sp³-hybridized carbons (Fsp3) is 0.133. The van der Waals surface area contributed by atoms with Crippen molar-refractivity contribution in [2.45, 2.75) is 17.9 Å². The van der Waals surface area contributed by atoms with E-state index in [1.807, 2.05) is 6.92 Å². The Hall–Kier alpha value is -1.56. The Bertz CT molecular complexity index is 879. The number of aliphatic imine (C=N–C) groups is 1. The van der Waals surface area contributed by atoms with Gasteiger partial charge in [-0.25, -0.2) is 8.42 Å². The molecule has 2 aromatic rings. The zero-order chi connectivity index (χ0) is 15.9. The molecule has 0 fully saturated rings. The number of nitrogens with zero attached hydrogens (tertiary/aromatic N) is 1. The third-order valence-electron chi connectivity index (χ3n) is 3.40. The maximum Gasteiger partial charge on any atom is 0.263 e. The molecule has 0 aliphatic carbocycles. The van der Waals surface area contributed by atoms with Crippen molar-refractivity contribution in [3.8, 4) is 0 Å². The molecule has 1 atom stereocenters. The highest BCUT2D eigenvalue weighted by Gasteiger charge is 2.30. The Morgan fingerprint density at radius 3 is 2.59 bits per heavy atom. The predicted molar refractivity (Wildman–Crippen MR) is 88.2 cm³/mol. The maximum absolute atomic E-state index is 12.1. The van der Waals surface area contributed by atoms with E-state index < -0.39 is 10.0 Å². The van der Waals surface area contributed by atoms with E-state index in [4.69, 9.17) is 23.2 Å². The summed E-state index contributed by atoms with van der Waals surface area (Å²) in [5, 5.41) is 1.04. The molecule has 4 nitrogen and oxygen atoms in total. The topological polar surface area (TPSA) is 58.5 Å². The van der Waals surface area contributed by atoms with Crippen LogP contribution in [-0.2, 0) is 10.0 Å². The summed E-state index contributed by atoms with van der Waals surface area (Å²) in [4.78, 5) is 4.71. The van der Waals surface area contributed by atoms with Crippen molar-refractivity contribution in [1.29, 1.82) is 0 Å². The van der Waals surface area contributed by atoms with Crippen molar-refractivity contribution < 1.29 is 8.42 Å². The number of rotatable bonds is 2. The van der Waals surface area contributed by atoms with Crippen LogP contribution in [0.2, 0.25) is 10.0 Å². The molecule has 3 rings (SSSR count). The second-order valence-corrected chi connectivity index (χ2v) is 7.42. The van der Waals surface area contributed by atoms with Crippen molar-refractivity contribution in [2.24, 2.45) is 4.99 Å². The lowest BCUT2D eigenvalue weighted by molar-refractivity contribution is 0.595.